The highest BCUT2D eigenvalue weighted by molar-refractivity contribution is 5.88. The van der Waals surface area contributed by atoms with Crippen LogP contribution in [0.15, 0.2) is 12.2 Å². The highest BCUT2D eigenvalue weighted by atomic mass is 16.9. The Morgan fingerprint density at radius 1 is 0.771 bits per heavy atom. The molecule has 0 N–H and O–H groups in total. The normalized spacial score (nSPS) is 35.5. The van der Waals surface area contributed by atoms with E-state index in [0.29, 0.717) is 0 Å². The summed E-state index contributed by atoms with van der Waals surface area (Å²) in [6.07, 6.45) is 9.83. The van der Waals surface area contributed by atoms with E-state index in [1.165, 1.54) is 32.6 Å². The van der Waals surface area contributed by atoms with Gasteiger partial charge in [0.05, 0.1) is 0 Å². The van der Waals surface area contributed by atoms with Crippen LogP contribution in [0.5, 0.6) is 0 Å². The first kappa shape index (κ1) is 25.1. The first-order valence-corrected chi connectivity index (χ1v) is 13.2. The van der Waals surface area contributed by atoms with E-state index in [-0.39, 0.29) is 24.4 Å². The molecule has 0 aromatic rings. The first-order valence-electron chi connectivity index (χ1n) is 13.2. The fraction of sp³-hybridized carbons (Fsp3) is 0.846. The fourth-order valence-corrected chi connectivity index (χ4v) is 5.99. The van der Waals surface area contributed by atoms with Crippen molar-refractivity contribution in [1.82, 2.24) is 0 Å². The summed E-state index contributed by atoms with van der Waals surface area (Å²) in [7, 11) is 0. The Hall–Kier alpha value is -1.52. The number of carbonyl (C=O) groups is 2. The molecule has 0 aromatic heterocycles. The summed E-state index contributed by atoms with van der Waals surface area (Å²) in [6.45, 7) is 4.49. The van der Waals surface area contributed by atoms with Gasteiger partial charge in [-0.1, -0.05) is 32.3 Å². The summed E-state index contributed by atoms with van der Waals surface area (Å²) in [5, 5.41) is 0. The number of ether oxygens (including phenoxy) is 7. The molecule has 3 saturated heterocycles. The third-order valence-electron chi connectivity index (χ3n) is 7.78. The molecule has 2 spiro atoms. The highest BCUT2D eigenvalue weighted by Gasteiger charge is 2.63. The largest absolute Gasteiger partial charge is 0.460 e. The van der Waals surface area contributed by atoms with E-state index in [0.717, 1.165) is 51.4 Å². The van der Waals surface area contributed by atoms with Crippen molar-refractivity contribution in [3.8, 4) is 0 Å². The van der Waals surface area contributed by atoms with Crippen molar-refractivity contribution in [3.05, 3.63) is 12.2 Å². The standard InChI is InChI=1S/C26H38O9/c1-17(2)23(28)30-16-19(27)29-15-18-20-21(33-25(32-20)11-7-3-4-8-12-25)22-24(31-18)35-26(34-22)13-9-5-6-10-14-26/h18,20-22,24H,1,3-16H2,2H3/t18?,20?,21?,22-,24-/m1/s1. The average Bonchev–Trinajstić information content (AvgIpc) is 3.17. The van der Waals surface area contributed by atoms with Gasteiger partial charge in [-0.05, 0) is 32.6 Å². The highest BCUT2D eigenvalue weighted by Crippen LogP contribution is 2.50. The van der Waals surface area contributed by atoms with Gasteiger partial charge in [0.2, 0.25) is 0 Å². The van der Waals surface area contributed by atoms with Gasteiger partial charge in [-0.15, -0.1) is 0 Å². The molecular weight excluding hydrogens is 456 g/mol. The van der Waals surface area contributed by atoms with Gasteiger partial charge in [-0.25, -0.2) is 9.59 Å². The molecule has 3 aliphatic heterocycles. The van der Waals surface area contributed by atoms with Gasteiger partial charge < -0.3 is 33.2 Å². The molecular formula is C26H38O9. The minimum atomic E-state index is -0.661. The zero-order valence-corrected chi connectivity index (χ0v) is 20.7. The SMILES string of the molecule is C=C(C)C(=O)OCC(=O)OCC1O[C@@H]2OC3(CCCCCC3)O[C@@H]2C2OC3(CCCCCC3)OC12. The smallest absolute Gasteiger partial charge is 0.344 e. The number of fused-ring (bicyclic) bond motifs is 3. The number of rotatable bonds is 5. The zero-order chi connectivity index (χ0) is 24.5. The molecule has 0 amide bonds. The van der Waals surface area contributed by atoms with Crippen molar-refractivity contribution < 1.29 is 42.7 Å². The van der Waals surface area contributed by atoms with Crippen molar-refractivity contribution >= 4 is 11.9 Å². The van der Waals surface area contributed by atoms with Crippen LogP contribution in [0.3, 0.4) is 0 Å². The lowest BCUT2D eigenvalue weighted by Gasteiger charge is -2.36. The number of hydrogen-bond donors (Lipinski definition) is 0. The summed E-state index contributed by atoms with van der Waals surface area (Å²) in [5.41, 5.74) is 0.221. The number of esters is 2. The van der Waals surface area contributed by atoms with Crippen molar-refractivity contribution in [2.24, 2.45) is 0 Å². The van der Waals surface area contributed by atoms with Crippen molar-refractivity contribution in [3.63, 3.8) is 0 Å². The molecule has 9 heteroatoms. The van der Waals surface area contributed by atoms with Crippen LogP contribution in [-0.2, 0) is 42.7 Å². The Kier molecular flexibility index (Phi) is 7.51. The molecule has 5 atom stereocenters. The Morgan fingerprint density at radius 2 is 1.31 bits per heavy atom. The number of hydrogen-bond acceptors (Lipinski definition) is 9. The van der Waals surface area contributed by atoms with Crippen LogP contribution in [0.4, 0.5) is 0 Å². The maximum atomic E-state index is 12.2. The van der Waals surface area contributed by atoms with Gasteiger partial charge in [0.1, 0.15) is 31.0 Å². The average molecular weight is 495 g/mol. The lowest BCUT2D eigenvalue weighted by molar-refractivity contribution is -0.252. The van der Waals surface area contributed by atoms with Crippen molar-refractivity contribution in [2.75, 3.05) is 13.2 Å². The van der Waals surface area contributed by atoms with E-state index >= 15 is 0 Å². The van der Waals surface area contributed by atoms with Crippen molar-refractivity contribution in [1.29, 1.82) is 0 Å². The van der Waals surface area contributed by atoms with E-state index in [9.17, 15) is 9.59 Å². The second-order valence-electron chi connectivity index (χ2n) is 10.6. The zero-order valence-electron chi connectivity index (χ0n) is 20.7. The predicted octanol–water partition coefficient (Wildman–Crippen LogP) is 3.67. The van der Waals surface area contributed by atoms with E-state index in [1.54, 1.807) is 0 Å². The Bertz CT molecular complexity index is 795. The second-order valence-corrected chi connectivity index (χ2v) is 10.6. The third kappa shape index (κ3) is 5.44. The maximum Gasteiger partial charge on any atom is 0.344 e. The van der Waals surface area contributed by atoms with Gasteiger partial charge in [-0.2, -0.15) is 0 Å². The molecule has 3 heterocycles. The van der Waals surface area contributed by atoms with Gasteiger partial charge in [-0.3, -0.25) is 0 Å². The van der Waals surface area contributed by atoms with Crippen molar-refractivity contribution in [2.45, 2.75) is 126 Å². The molecule has 0 aromatic carbocycles. The minimum Gasteiger partial charge on any atom is -0.460 e. The van der Waals surface area contributed by atoms with E-state index in [4.69, 9.17) is 33.2 Å². The number of carbonyl (C=O) groups excluding carboxylic acids is 2. The molecule has 2 saturated carbocycles. The maximum absolute atomic E-state index is 12.2. The summed E-state index contributed by atoms with van der Waals surface area (Å²) < 4.78 is 42.9. The quantitative estimate of drug-likeness (QED) is 0.419. The van der Waals surface area contributed by atoms with Crippen LogP contribution in [-0.4, -0.2) is 67.4 Å². The molecule has 3 unspecified atom stereocenters. The van der Waals surface area contributed by atoms with Crippen LogP contribution < -0.4 is 0 Å². The third-order valence-corrected chi connectivity index (χ3v) is 7.78. The van der Waals surface area contributed by atoms with E-state index in [2.05, 4.69) is 6.58 Å². The van der Waals surface area contributed by atoms with Crippen LogP contribution in [0.1, 0.15) is 84.0 Å². The van der Waals surface area contributed by atoms with Gasteiger partial charge in [0.25, 0.3) is 0 Å². The van der Waals surface area contributed by atoms with Crippen LogP contribution in [0.2, 0.25) is 0 Å². The predicted molar refractivity (Wildman–Crippen MR) is 122 cm³/mol. The molecule has 2 aliphatic carbocycles. The molecule has 35 heavy (non-hydrogen) atoms. The summed E-state index contributed by atoms with van der Waals surface area (Å²) in [5.74, 6) is -2.60. The first-order chi connectivity index (χ1) is 16.9. The Balaban J connectivity index is 1.29. The molecule has 9 nitrogen and oxygen atoms in total. The van der Waals surface area contributed by atoms with Crippen LogP contribution in [0.25, 0.3) is 0 Å². The molecule has 5 rings (SSSR count). The molecule has 196 valence electrons. The minimum absolute atomic E-state index is 0.0519. The van der Waals surface area contributed by atoms with Gasteiger partial charge in [0.15, 0.2) is 24.5 Å². The van der Waals surface area contributed by atoms with Gasteiger partial charge >= 0.3 is 11.9 Å². The Labute approximate surface area is 206 Å². The second kappa shape index (κ2) is 10.5. The van der Waals surface area contributed by atoms with Gasteiger partial charge in [0, 0.05) is 31.3 Å². The lowest BCUT2D eigenvalue weighted by Crippen LogP contribution is -2.56. The molecule has 5 fully saturated rings. The lowest BCUT2D eigenvalue weighted by atomic mass is 9.99. The summed E-state index contributed by atoms with van der Waals surface area (Å²) in [6, 6.07) is 0. The van der Waals surface area contributed by atoms with Crippen LogP contribution >= 0.6 is 0 Å². The van der Waals surface area contributed by atoms with E-state index < -0.39 is 48.6 Å². The summed E-state index contributed by atoms with van der Waals surface area (Å²) in [4.78, 5) is 23.8. The monoisotopic (exact) mass is 494 g/mol. The van der Waals surface area contributed by atoms with E-state index in [1.807, 2.05) is 0 Å². The van der Waals surface area contributed by atoms with Crippen LogP contribution in [0, 0.1) is 0 Å². The summed E-state index contributed by atoms with van der Waals surface area (Å²) >= 11 is 0. The molecule has 0 bridgehead atoms. The fourth-order valence-electron chi connectivity index (χ4n) is 5.99. The molecule has 0 radical (unpaired) electrons. The Morgan fingerprint density at radius 3 is 1.91 bits per heavy atom. The topological polar surface area (TPSA) is 98.8 Å². The molecule has 5 aliphatic rings.